The van der Waals surface area contributed by atoms with Crippen LogP contribution < -0.4 is 9.80 Å². The zero-order valence-electron chi connectivity index (χ0n) is 16.7. The van der Waals surface area contributed by atoms with E-state index < -0.39 is 10.8 Å². The maximum atomic E-state index is 12.6. The third-order valence-corrected chi connectivity index (χ3v) is 9.19. The van der Waals surface area contributed by atoms with Gasteiger partial charge in [-0.25, -0.2) is 4.98 Å². The number of aromatic nitrogens is 2. The van der Waals surface area contributed by atoms with Crippen molar-refractivity contribution in [3.63, 3.8) is 0 Å². The highest BCUT2D eigenvalue weighted by atomic mass is 35.5. The molecule has 2 unspecified atom stereocenters. The Morgan fingerprint density at radius 2 is 1.93 bits per heavy atom. The van der Waals surface area contributed by atoms with Crippen molar-refractivity contribution in [2.45, 2.75) is 35.6 Å². The summed E-state index contributed by atoms with van der Waals surface area (Å²) in [6, 6.07) is 8.24. The summed E-state index contributed by atoms with van der Waals surface area (Å²) < 4.78 is 12.6. The monoisotopic (exact) mass is 444 g/mol. The molecule has 30 heavy (non-hydrogen) atoms. The molecule has 0 radical (unpaired) electrons. The molecule has 1 saturated heterocycles. The minimum atomic E-state index is -1.07. The van der Waals surface area contributed by atoms with E-state index in [0.717, 1.165) is 49.1 Å². The van der Waals surface area contributed by atoms with Crippen LogP contribution in [0.5, 0.6) is 0 Å². The van der Waals surface area contributed by atoms with Crippen molar-refractivity contribution in [2.24, 2.45) is 11.8 Å². The summed E-state index contributed by atoms with van der Waals surface area (Å²) in [7, 11) is -1.07. The Labute approximate surface area is 183 Å². The molecule has 158 valence electrons. The fourth-order valence-corrected chi connectivity index (χ4v) is 6.90. The first-order chi connectivity index (χ1) is 14.6. The van der Waals surface area contributed by atoms with E-state index in [4.69, 9.17) is 16.6 Å². The van der Waals surface area contributed by atoms with Crippen LogP contribution in [-0.4, -0.2) is 56.8 Å². The van der Waals surface area contributed by atoms with Crippen LogP contribution in [0.4, 0.5) is 11.8 Å². The standard InChI is InChI=1S/C22H25ClN4O2S/c23-15-4-2-14(3-5-15)19-16-11-26(12-17(16)19)21-24-10-18-20(25-21)27(8-9-30(18)29)22(13-28)6-1-7-22/h2-5,10,16-17,19,28H,1,6-9,11-13H2/t16?,17?,19?,30-/m1/s1. The Kier molecular flexibility index (Phi) is 4.38. The van der Waals surface area contributed by atoms with Gasteiger partial charge in [0.25, 0.3) is 0 Å². The van der Waals surface area contributed by atoms with Crippen LogP contribution in [0.3, 0.4) is 0 Å². The van der Waals surface area contributed by atoms with Gasteiger partial charge in [0.15, 0.2) is 5.82 Å². The summed E-state index contributed by atoms with van der Waals surface area (Å²) >= 11 is 6.03. The molecule has 2 saturated carbocycles. The smallest absolute Gasteiger partial charge is 0.227 e. The van der Waals surface area contributed by atoms with Crippen LogP contribution in [-0.2, 0) is 10.8 Å². The Balaban J connectivity index is 1.24. The lowest BCUT2D eigenvalue weighted by atomic mass is 9.76. The van der Waals surface area contributed by atoms with Crippen molar-refractivity contribution in [3.8, 4) is 0 Å². The van der Waals surface area contributed by atoms with Crippen molar-refractivity contribution in [1.82, 2.24) is 9.97 Å². The number of piperidine rings is 1. The zero-order chi connectivity index (χ0) is 20.5. The second-order valence-corrected chi connectivity index (χ2v) is 11.1. The van der Waals surface area contributed by atoms with Gasteiger partial charge in [-0.2, -0.15) is 4.98 Å². The molecule has 8 heteroatoms. The van der Waals surface area contributed by atoms with Gasteiger partial charge < -0.3 is 14.9 Å². The summed E-state index contributed by atoms with van der Waals surface area (Å²) in [5, 5.41) is 10.9. The van der Waals surface area contributed by atoms with E-state index in [2.05, 4.69) is 26.9 Å². The van der Waals surface area contributed by atoms with Gasteiger partial charge in [-0.15, -0.1) is 0 Å². The number of aliphatic hydroxyl groups excluding tert-OH is 1. The summed E-state index contributed by atoms with van der Waals surface area (Å²) in [6.45, 7) is 2.70. The minimum Gasteiger partial charge on any atom is -0.394 e. The van der Waals surface area contributed by atoms with Gasteiger partial charge >= 0.3 is 0 Å². The Bertz CT molecular complexity index is 995. The number of rotatable bonds is 4. The molecule has 1 N–H and O–H groups in total. The maximum Gasteiger partial charge on any atom is 0.227 e. The number of fused-ring (bicyclic) bond motifs is 2. The average molecular weight is 445 g/mol. The van der Waals surface area contributed by atoms with Crippen LogP contribution in [0.1, 0.15) is 30.7 Å². The minimum absolute atomic E-state index is 0.120. The summed E-state index contributed by atoms with van der Waals surface area (Å²) in [5.74, 6) is 3.94. The van der Waals surface area contributed by atoms with E-state index in [1.54, 1.807) is 6.20 Å². The van der Waals surface area contributed by atoms with Gasteiger partial charge in [-0.05, 0) is 54.7 Å². The van der Waals surface area contributed by atoms with Gasteiger partial charge in [0.2, 0.25) is 5.95 Å². The van der Waals surface area contributed by atoms with Crippen molar-refractivity contribution >= 4 is 34.2 Å². The first kappa shape index (κ1) is 19.0. The molecule has 2 aliphatic carbocycles. The second-order valence-electron chi connectivity index (χ2n) is 9.11. The summed E-state index contributed by atoms with van der Waals surface area (Å²) in [6.07, 6.45) is 4.80. The molecule has 6 rings (SSSR count). The molecule has 3 fully saturated rings. The lowest BCUT2D eigenvalue weighted by molar-refractivity contribution is 0.115. The van der Waals surface area contributed by atoms with E-state index in [0.29, 0.717) is 34.9 Å². The van der Waals surface area contributed by atoms with Gasteiger partial charge in [-0.1, -0.05) is 23.7 Å². The van der Waals surface area contributed by atoms with Gasteiger partial charge in [0.1, 0.15) is 0 Å². The molecular formula is C22H25ClN4O2S. The number of aliphatic hydroxyl groups is 1. The fraction of sp³-hybridized carbons (Fsp3) is 0.545. The molecule has 0 spiro atoms. The van der Waals surface area contributed by atoms with E-state index in [9.17, 15) is 9.32 Å². The Morgan fingerprint density at radius 1 is 1.20 bits per heavy atom. The number of anilines is 2. The lowest BCUT2D eigenvalue weighted by Gasteiger charge is -2.51. The highest BCUT2D eigenvalue weighted by Gasteiger charge is 2.56. The van der Waals surface area contributed by atoms with Crippen molar-refractivity contribution < 1.29 is 9.32 Å². The number of nitrogens with zero attached hydrogens (tertiary/aromatic N) is 4. The lowest BCUT2D eigenvalue weighted by Crippen LogP contribution is -2.59. The molecule has 3 heterocycles. The van der Waals surface area contributed by atoms with E-state index in [1.165, 1.54) is 5.56 Å². The first-order valence-electron chi connectivity index (χ1n) is 10.7. The summed E-state index contributed by atoms with van der Waals surface area (Å²) in [5.41, 5.74) is 1.13. The van der Waals surface area contributed by atoms with E-state index >= 15 is 0 Å². The highest BCUT2D eigenvalue weighted by Crippen LogP contribution is 2.58. The molecular weight excluding hydrogens is 420 g/mol. The number of hydrogen-bond donors (Lipinski definition) is 1. The Morgan fingerprint density at radius 3 is 2.57 bits per heavy atom. The van der Waals surface area contributed by atoms with Gasteiger partial charge in [-0.3, -0.25) is 4.21 Å². The Hall–Kier alpha value is -1.70. The van der Waals surface area contributed by atoms with Gasteiger partial charge in [0, 0.05) is 30.4 Å². The molecule has 2 aliphatic heterocycles. The molecule has 3 atom stereocenters. The molecule has 0 amide bonds. The predicted molar refractivity (Wildman–Crippen MR) is 118 cm³/mol. The fourth-order valence-electron chi connectivity index (χ4n) is 5.68. The zero-order valence-corrected chi connectivity index (χ0v) is 18.3. The maximum absolute atomic E-state index is 12.6. The third kappa shape index (κ3) is 2.82. The van der Waals surface area contributed by atoms with E-state index in [1.807, 2.05) is 12.1 Å². The predicted octanol–water partition coefficient (Wildman–Crippen LogP) is 2.82. The molecule has 1 aromatic heterocycles. The third-order valence-electron chi connectivity index (χ3n) is 7.61. The van der Waals surface area contributed by atoms with Crippen LogP contribution >= 0.6 is 11.6 Å². The topological polar surface area (TPSA) is 69.6 Å². The SMILES string of the molecule is O=[S@@]1CCN(C2(CO)CCC2)c2nc(N3CC4C(C3)C4c3ccc(Cl)cc3)ncc21. The van der Waals surface area contributed by atoms with E-state index in [-0.39, 0.29) is 12.1 Å². The highest BCUT2D eigenvalue weighted by molar-refractivity contribution is 7.85. The average Bonchev–Trinajstić information content (AvgIpc) is 3.22. The first-order valence-corrected chi connectivity index (χ1v) is 12.4. The molecule has 2 aromatic rings. The molecule has 6 nitrogen and oxygen atoms in total. The van der Waals surface area contributed by atoms with Crippen molar-refractivity contribution in [3.05, 3.63) is 41.0 Å². The number of benzene rings is 1. The molecule has 1 aromatic carbocycles. The van der Waals surface area contributed by atoms with Gasteiger partial charge in [0.05, 0.1) is 34.0 Å². The molecule has 0 bridgehead atoms. The van der Waals surface area contributed by atoms with Crippen molar-refractivity contribution in [2.75, 3.05) is 41.8 Å². The van der Waals surface area contributed by atoms with Crippen LogP contribution in [0.15, 0.2) is 35.4 Å². The van der Waals surface area contributed by atoms with Crippen LogP contribution in [0.2, 0.25) is 5.02 Å². The normalized spacial score (nSPS) is 31.1. The number of halogens is 1. The van der Waals surface area contributed by atoms with Crippen LogP contribution in [0.25, 0.3) is 0 Å². The largest absolute Gasteiger partial charge is 0.394 e. The quantitative estimate of drug-likeness (QED) is 0.782. The summed E-state index contributed by atoms with van der Waals surface area (Å²) in [4.78, 5) is 14.7. The molecule has 4 aliphatic rings. The number of hydrogen-bond acceptors (Lipinski definition) is 6. The second kappa shape index (κ2) is 6.90. The van der Waals surface area contributed by atoms with Crippen LogP contribution in [0, 0.1) is 11.8 Å². The van der Waals surface area contributed by atoms with Crippen molar-refractivity contribution in [1.29, 1.82) is 0 Å².